The molecule has 0 radical (unpaired) electrons. The number of aryl methyl sites for hydroxylation is 1. The molecule has 8 amide bonds. The first-order chi connectivity index (χ1) is 34.0. The van der Waals surface area contributed by atoms with Gasteiger partial charge in [0.1, 0.15) is 11.8 Å². The van der Waals surface area contributed by atoms with Crippen LogP contribution in [0.3, 0.4) is 0 Å². The molecule has 70 heavy (non-hydrogen) atoms. The number of amides is 8. The summed E-state index contributed by atoms with van der Waals surface area (Å²) in [6.45, 7) is 3.43. The van der Waals surface area contributed by atoms with E-state index in [1.165, 1.54) is 23.1 Å². The number of fused-ring (bicyclic) bond motifs is 1. The van der Waals surface area contributed by atoms with Crippen LogP contribution in [0, 0.1) is 5.92 Å². The van der Waals surface area contributed by atoms with Gasteiger partial charge in [-0.2, -0.15) is 0 Å². The zero-order valence-electron chi connectivity index (χ0n) is 37.9. The first-order valence-corrected chi connectivity index (χ1v) is 23.0. The Morgan fingerprint density at radius 2 is 1.51 bits per heavy atom. The van der Waals surface area contributed by atoms with Gasteiger partial charge in [-0.15, -0.1) is 5.10 Å². The summed E-state index contributed by atoms with van der Waals surface area (Å²) in [6.07, 6.45) is 6.29. The quantitative estimate of drug-likeness (QED) is 0.0867. The Hall–Kier alpha value is -8.56. The van der Waals surface area contributed by atoms with Gasteiger partial charge in [0.2, 0.25) is 23.6 Å². The molecule has 4 aliphatic heterocycles. The molecule has 1 atom stereocenters. The molecule has 22 nitrogen and oxygen atoms in total. The minimum absolute atomic E-state index is 0.00538. The van der Waals surface area contributed by atoms with Crippen molar-refractivity contribution in [3.8, 4) is 11.8 Å². The standard InChI is InChI=1S/C48H49N13O9/c62-39-15-14-38(43(65)54-39)61-45(67)35-8-4-9-36(41(35)47(61)69)50-28-40(63)49-18-5-19-60-29-37(55-56-60)46(68)59-24-22-58(23-25-59)44(66)30-16-20-57(21-17-30)33-12-10-32(11-13-33)53-42(64)31-26-51-48(52-27-31)70-34-6-2-1-3-7-34/h1-4,6-13,26-27,29-30,38,50H,5,14-25,28H2,(H,49,63)(H,53,64)(H,54,62,65). The molecular weight excluding hydrogens is 903 g/mol. The molecule has 360 valence electrons. The maximum Gasteiger partial charge on any atom is 0.321 e. The van der Waals surface area contributed by atoms with E-state index in [0.29, 0.717) is 76.5 Å². The van der Waals surface area contributed by atoms with E-state index in [1.807, 2.05) is 47.4 Å². The predicted molar refractivity (Wildman–Crippen MR) is 250 cm³/mol. The van der Waals surface area contributed by atoms with Crippen molar-refractivity contribution >= 4 is 64.3 Å². The Kier molecular flexibility index (Phi) is 13.8. The second kappa shape index (κ2) is 20.8. The fourth-order valence-electron chi connectivity index (χ4n) is 8.85. The smallest absolute Gasteiger partial charge is 0.321 e. The number of nitrogens with zero attached hydrogens (tertiary/aromatic N) is 9. The number of piperazine rings is 1. The third-order valence-corrected chi connectivity index (χ3v) is 12.6. The van der Waals surface area contributed by atoms with Crippen molar-refractivity contribution in [2.75, 3.05) is 67.9 Å². The monoisotopic (exact) mass is 951 g/mol. The molecule has 4 aliphatic rings. The van der Waals surface area contributed by atoms with E-state index in [4.69, 9.17) is 4.74 Å². The molecule has 4 N–H and O–H groups in total. The van der Waals surface area contributed by atoms with Gasteiger partial charge in [-0.1, -0.05) is 29.5 Å². The van der Waals surface area contributed by atoms with Crippen LogP contribution in [0.5, 0.6) is 11.8 Å². The van der Waals surface area contributed by atoms with Crippen LogP contribution in [0.4, 0.5) is 17.1 Å². The average molecular weight is 952 g/mol. The minimum atomic E-state index is -1.10. The molecule has 0 bridgehead atoms. The Labute approximate surface area is 400 Å². The summed E-state index contributed by atoms with van der Waals surface area (Å²) in [4.78, 5) is 118. The van der Waals surface area contributed by atoms with Crippen molar-refractivity contribution in [2.45, 2.75) is 44.7 Å². The minimum Gasteiger partial charge on any atom is -0.424 e. The molecule has 0 saturated carbocycles. The van der Waals surface area contributed by atoms with Crippen LogP contribution < -0.4 is 30.9 Å². The van der Waals surface area contributed by atoms with E-state index in [1.54, 1.807) is 35.4 Å². The zero-order chi connectivity index (χ0) is 48.7. The number of carbonyl (C=O) groups is 8. The van der Waals surface area contributed by atoms with E-state index >= 15 is 0 Å². The first kappa shape index (κ1) is 46.5. The molecule has 3 aromatic carbocycles. The fourth-order valence-corrected chi connectivity index (χ4v) is 8.85. The molecule has 6 heterocycles. The van der Waals surface area contributed by atoms with Crippen LogP contribution in [0.15, 0.2) is 91.4 Å². The van der Waals surface area contributed by atoms with Gasteiger partial charge in [0.05, 0.1) is 29.4 Å². The second-order valence-electron chi connectivity index (χ2n) is 17.1. The SMILES string of the molecule is O=C(CNc1cccc2c1C(=O)N(C1CCC(=O)NC1=O)C2=O)NCCCn1cc(C(=O)N2CCN(C(=O)C3CCN(c4ccc(NC(=O)c5cnc(Oc6ccccc6)nc5)cc4)CC3)CC2)nn1. The van der Waals surface area contributed by atoms with Gasteiger partial charge in [0, 0.05) is 94.2 Å². The molecule has 3 fully saturated rings. The molecule has 5 aromatic rings. The number of piperidine rings is 2. The van der Waals surface area contributed by atoms with Gasteiger partial charge in [-0.3, -0.25) is 53.3 Å². The molecule has 2 aromatic heterocycles. The number of hydrogen-bond donors (Lipinski definition) is 4. The maximum absolute atomic E-state index is 13.6. The number of rotatable bonds is 15. The highest BCUT2D eigenvalue weighted by Gasteiger charge is 2.45. The Morgan fingerprint density at radius 3 is 2.24 bits per heavy atom. The number of hydrogen-bond acceptors (Lipinski definition) is 15. The number of para-hydroxylation sites is 1. The molecule has 22 heteroatoms. The van der Waals surface area contributed by atoms with Crippen molar-refractivity contribution in [1.29, 1.82) is 0 Å². The summed E-state index contributed by atoms with van der Waals surface area (Å²) in [7, 11) is 0. The van der Waals surface area contributed by atoms with Crippen LogP contribution in [0.25, 0.3) is 0 Å². The largest absolute Gasteiger partial charge is 0.424 e. The van der Waals surface area contributed by atoms with E-state index in [2.05, 4.69) is 46.4 Å². The lowest BCUT2D eigenvalue weighted by molar-refractivity contribution is -0.138. The third-order valence-electron chi connectivity index (χ3n) is 12.6. The van der Waals surface area contributed by atoms with Gasteiger partial charge in [-0.05, 0) is 74.2 Å². The number of ether oxygens (including phenoxy) is 1. The molecular formula is C48H49N13O9. The number of imide groups is 2. The van der Waals surface area contributed by atoms with Crippen molar-refractivity contribution in [1.82, 2.24) is 50.3 Å². The zero-order valence-corrected chi connectivity index (χ0v) is 37.9. The molecule has 0 spiro atoms. The fraction of sp³-hybridized carbons (Fsp3) is 0.333. The Morgan fingerprint density at radius 1 is 0.786 bits per heavy atom. The lowest BCUT2D eigenvalue weighted by Gasteiger charge is -2.39. The highest BCUT2D eigenvalue weighted by Crippen LogP contribution is 2.33. The normalized spacial score (nSPS) is 17.2. The van der Waals surface area contributed by atoms with Crippen LogP contribution in [0.1, 0.15) is 73.7 Å². The number of aromatic nitrogens is 5. The van der Waals surface area contributed by atoms with Gasteiger partial charge in [-0.25, -0.2) is 9.97 Å². The van der Waals surface area contributed by atoms with Crippen molar-refractivity contribution in [2.24, 2.45) is 5.92 Å². The van der Waals surface area contributed by atoms with Crippen LogP contribution in [0.2, 0.25) is 0 Å². The highest BCUT2D eigenvalue weighted by molar-refractivity contribution is 6.25. The summed E-state index contributed by atoms with van der Waals surface area (Å²) in [5, 5.41) is 18.9. The van der Waals surface area contributed by atoms with Crippen molar-refractivity contribution in [3.63, 3.8) is 0 Å². The van der Waals surface area contributed by atoms with Crippen molar-refractivity contribution < 1.29 is 43.1 Å². The van der Waals surface area contributed by atoms with E-state index in [9.17, 15) is 38.4 Å². The van der Waals surface area contributed by atoms with Crippen molar-refractivity contribution in [3.05, 3.63) is 114 Å². The summed E-state index contributed by atoms with van der Waals surface area (Å²) in [5.41, 5.74) is 2.52. The molecule has 1 unspecified atom stereocenters. The summed E-state index contributed by atoms with van der Waals surface area (Å²) in [6, 6.07) is 20.3. The lowest BCUT2D eigenvalue weighted by Crippen LogP contribution is -2.54. The summed E-state index contributed by atoms with van der Waals surface area (Å²) in [5.74, 6) is -2.92. The Bertz CT molecular complexity index is 2810. The van der Waals surface area contributed by atoms with Crippen LogP contribution in [-0.2, 0) is 25.7 Å². The number of anilines is 3. The first-order valence-electron chi connectivity index (χ1n) is 23.0. The lowest BCUT2D eigenvalue weighted by atomic mass is 9.94. The topological polar surface area (TPSA) is 263 Å². The number of carbonyl (C=O) groups excluding carboxylic acids is 8. The van der Waals surface area contributed by atoms with Crippen LogP contribution in [-0.4, -0.2) is 145 Å². The van der Waals surface area contributed by atoms with Crippen LogP contribution >= 0.6 is 0 Å². The number of nitrogens with one attached hydrogen (secondary N) is 4. The third kappa shape index (κ3) is 10.4. The van der Waals surface area contributed by atoms with Gasteiger partial charge in [0.15, 0.2) is 5.69 Å². The van der Waals surface area contributed by atoms with E-state index in [-0.39, 0.29) is 89.6 Å². The Balaban J connectivity index is 0.658. The molecule has 0 aliphatic carbocycles. The number of benzene rings is 3. The highest BCUT2D eigenvalue weighted by atomic mass is 16.5. The maximum atomic E-state index is 13.6. The van der Waals surface area contributed by atoms with Gasteiger partial charge in [0.25, 0.3) is 23.6 Å². The van der Waals surface area contributed by atoms with E-state index < -0.39 is 29.7 Å². The van der Waals surface area contributed by atoms with E-state index in [0.717, 1.165) is 10.6 Å². The van der Waals surface area contributed by atoms with Gasteiger partial charge < -0.3 is 35.4 Å². The summed E-state index contributed by atoms with van der Waals surface area (Å²) >= 11 is 0. The average Bonchev–Trinajstić information content (AvgIpc) is 3.96. The molecule has 9 rings (SSSR count). The predicted octanol–water partition coefficient (Wildman–Crippen LogP) is 2.33. The summed E-state index contributed by atoms with van der Waals surface area (Å²) < 4.78 is 7.13. The second-order valence-corrected chi connectivity index (χ2v) is 17.1. The van der Waals surface area contributed by atoms with Gasteiger partial charge >= 0.3 is 6.01 Å². The molecule has 3 saturated heterocycles.